The van der Waals surface area contributed by atoms with Gasteiger partial charge in [0.25, 0.3) is 10.1 Å². The molecule has 0 aliphatic carbocycles. The molecule has 0 saturated carbocycles. The lowest BCUT2D eigenvalue weighted by Gasteiger charge is -2.26. The van der Waals surface area contributed by atoms with Crippen molar-refractivity contribution in [2.45, 2.75) is 19.9 Å². The maximum atomic E-state index is 11.8. The first-order valence-corrected chi connectivity index (χ1v) is 6.74. The highest BCUT2D eigenvalue weighted by atomic mass is 32.2. The zero-order valence-corrected chi connectivity index (χ0v) is 10.5. The zero-order chi connectivity index (χ0) is 13.1. The van der Waals surface area contributed by atoms with Gasteiger partial charge in [-0.05, 0) is 26.0 Å². The van der Waals surface area contributed by atoms with Crippen molar-refractivity contribution in [3.8, 4) is 0 Å². The van der Waals surface area contributed by atoms with Gasteiger partial charge < -0.3 is 4.90 Å². The molecule has 0 fully saturated rings. The topological polar surface area (TPSA) is 74.7 Å². The number of carbonyl (C=O) groups is 1. The molecule has 1 N–H and O–H groups in total. The minimum Gasteiger partial charge on any atom is -0.309 e. The second-order valence-corrected chi connectivity index (χ2v) is 5.37. The molecular formula is C11H15NO4S. The Labute approximate surface area is 101 Å². The van der Waals surface area contributed by atoms with Crippen LogP contribution in [0.2, 0.25) is 0 Å². The molecule has 6 heteroatoms. The van der Waals surface area contributed by atoms with Gasteiger partial charge >= 0.3 is 0 Å². The fourth-order valence-corrected chi connectivity index (χ4v) is 2.00. The Bertz CT molecular complexity index is 481. The van der Waals surface area contributed by atoms with E-state index in [0.717, 1.165) is 0 Å². The quantitative estimate of drug-likeness (QED) is 0.825. The number of anilines is 1. The smallest absolute Gasteiger partial charge is 0.274 e. The summed E-state index contributed by atoms with van der Waals surface area (Å²) in [7, 11) is -4.30. The van der Waals surface area contributed by atoms with Gasteiger partial charge in [0.1, 0.15) is 0 Å². The number of carbonyl (C=O) groups excluding carboxylic acids is 1. The summed E-state index contributed by atoms with van der Waals surface area (Å²) in [5.41, 5.74) is 0.608. The minimum atomic E-state index is -4.30. The number of hydrogen-bond donors (Lipinski definition) is 1. The Morgan fingerprint density at radius 2 is 1.82 bits per heavy atom. The third kappa shape index (κ3) is 4.16. The van der Waals surface area contributed by atoms with Crippen molar-refractivity contribution in [3.05, 3.63) is 30.3 Å². The average molecular weight is 257 g/mol. The van der Waals surface area contributed by atoms with Crippen molar-refractivity contribution in [2.75, 3.05) is 10.7 Å². The molecule has 0 aromatic heterocycles. The van der Waals surface area contributed by atoms with E-state index in [9.17, 15) is 13.2 Å². The molecule has 0 radical (unpaired) electrons. The van der Waals surface area contributed by atoms with Crippen LogP contribution in [0.15, 0.2) is 30.3 Å². The maximum absolute atomic E-state index is 11.8. The van der Waals surface area contributed by atoms with Crippen molar-refractivity contribution in [1.29, 1.82) is 0 Å². The summed E-state index contributed by atoms with van der Waals surface area (Å²) in [5.74, 6) is -1.55. The second kappa shape index (κ2) is 5.29. The van der Waals surface area contributed by atoms with Gasteiger partial charge in [0.05, 0.1) is 0 Å². The molecule has 94 valence electrons. The molecule has 0 aliphatic rings. The van der Waals surface area contributed by atoms with Gasteiger partial charge in [-0.15, -0.1) is 0 Å². The average Bonchev–Trinajstić information content (AvgIpc) is 2.15. The predicted molar refractivity (Wildman–Crippen MR) is 65.5 cm³/mol. The summed E-state index contributed by atoms with van der Waals surface area (Å²) >= 11 is 0. The summed E-state index contributed by atoms with van der Waals surface area (Å²) in [4.78, 5) is 13.1. The zero-order valence-electron chi connectivity index (χ0n) is 9.70. The Hall–Kier alpha value is -1.40. The van der Waals surface area contributed by atoms with Crippen molar-refractivity contribution < 1.29 is 17.8 Å². The highest BCUT2D eigenvalue weighted by Crippen LogP contribution is 2.16. The highest BCUT2D eigenvalue weighted by Gasteiger charge is 2.23. The number of amides is 1. The van der Waals surface area contributed by atoms with E-state index in [-0.39, 0.29) is 6.04 Å². The third-order valence-corrected chi connectivity index (χ3v) is 2.74. The summed E-state index contributed by atoms with van der Waals surface area (Å²) in [6, 6.07) is 8.54. The standard InChI is InChI=1S/C11H15NO4S/c1-9(2)12(10-6-4-3-5-7-10)11(13)8-17(14,15)16/h3-7,9H,8H2,1-2H3,(H,14,15,16). The van der Waals surface area contributed by atoms with Gasteiger partial charge in [-0.3, -0.25) is 9.35 Å². The van der Waals surface area contributed by atoms with Crippen LogP contribution in [0.25, 0.3) is 0 Å². The van der Waals surface area contributed by atoms with E-state index in [0.29, 0.717) is 5.69 Å². The first kappa shape index (κ1) is 13.7. The van der Waals surface area contributed by atoms with E-state index >= 15 is 0 Å². The van der Waals surface area contributed by atoms with Crippen molar-refractivity contribution in [1.82, 2.24) is 0 Å². The number of nitrogens with zero attached hydrogens (tertiary/aromatic N) is 1. The summed E-state index contributed by atoms with van der Waals surface area (Å²) in [6.07, 6.45) is 0. The van der Waals surface area contributed by atoms with Gasteiger partial charge in [-0.2, -0.15) is 8.42 Å². The molecule has 1 rings (SSSR count). The van der Waals surface area contributed by atoms with Crippen LogP contribution in [-0.2, 0) is 14.9 Å². The lowest BCUT2D eigenvalue weighted by molar-refractivity contribution is -0.116. The first-order chi connectivity index (χ1) is 7.81. The molecule has 0 spiro atoms. The second-order valence-electron chi connectivity index (χ2n) is 3.92. The highest BCUT2D eigenvalue weighted by molar-refractivity contribution is 7.86. The van der Waals surface area contributed by atoms with E-state index < -0.39 is 21.8 Å². The Morgan fingerprint density at radius 3 is 2.24 bits per heavy atom. The molecule has 0 aliphatic heterocycles. The van der Waals surface area contributed by atoms with E-state index in [1.54, 1.807) is 44.2 Å². The molecule has 0 atom stereocenters. The summed E-state index contributed by atoms with van der Waals surface area (Å²) in [6.45, 7) is 3.55. The fraction of sp³-hybridized carbons (Fsp3) is 0.364. The number of rotatable bonds is 4. The number of hydrogen-bond acceptors (Lipinski definition) is 3. The lowest BCUT2D eigenvalue weighted by atomic mass is 10.2. The predicted octanol–water partition coefficient (Wildman–Crippen LogP) is 1.32. The fourth-order valence-electron chi connectivity index (χ4n) is 1.54. The molecule has 1 amide bonds. The van der Waals surface area contributed by atoms with Crippen LogP contribution >= 0.6 is 0 Å². The Kier molecular flexibility index (Phi) is 4.25. The van der Waals surface area contributed by atoms with E-state index in [2.05, 4.69) is 0 Å². The van der Waals surface area contributed by atoms with E-state index in [1.807, 2.05) is 0 Å². The van der Waals surface area contributed by atoms with Crippen LogP contribution in [0.3, 0.4) is 0 Å². The molecule has 1 aromatic rings. The lowest BCUT2D eigenvalue weighted by Crippen LogP contribution is -2.40. The molecule has 0 unspecified atom stereocenters. The SMILES string of the molecule is CC(C)N(C(=O)CS(=O)(=O)O)c1ccccc1. The first-order valence-electron chi connectivity index (χ1n) is 5.13. The van der Waals surface area contributed by atoms with Crippen molar-refractivity contribution in [2.24, 2.45) is 0 Å². The normalized spacial score (nSPS) is 11.5. The molecule has 17 heavy (non-hydrogen) atoms. The van der Waals surface area contributed by atoms with Crippen molar-refractivity contribution in [3.63, 3.8) is 0 Å². The minimum absolute atomic E-state index is 0.188. The monoisotopic (exact) mass is 257 g/mol. The van der Waals surface area contributed by atoms with Crippen LogP contribution in [0, 0.1) is 0 Å². The summed E-state index contributed by atoms with van der Waals surface area (Å²) in [5, 5.41) is 0. The number of para-hydroxylation sites is 1. The van der Waals surface area contributed by atoms with Crippen molar-refractivity contribution >= 4 is 21.7 Å². The maximum Gasteiger partial charge on any atom is 0.274 e. The molecule has 0 bridgehead atoms. The van der Waals surface area contributed by atoms with Crippen LogP contribution in [0.4, 0.5) is 5.69 Å². The Morgan fingerprint density at radius 1 is 1.29 bits per heavy atom. The molecule has 5 nitrogen and oxygen atoms in total. The molecular weight excluding hydrogens is 242 g/mol. The summed E-state index contributed by atoms with van der Waals surface area (Å²) < 4.78 is 30.1. The molecule has 0 saturated heterocycles. The van der Waals surface area contributed by atoms with Crippen LogP contribution in [-0.4, -0.2) is 30.7 Å². The van der Waals surface area contributed by atoms with Gasteiger partial charge in [0.2, 0.25) is 5.91 Å². The van der Waals surface area contributed by atoms with Gasteiger partial charge in [-0.1, -0.05) is 18.2 Å². The van der Waals surface area contributed by atoms with Crippen LogP contribution in [0.1, 0.15) is 13.8 Å². The van der Waals surface area contributed by atoms with E-state index in [4.69, 9.17) is 4.55 Å². The largest absolute Gasteiger partial charge is 0.309 e. The van der Waals surface area contributed by atoms with Gasteiger partial charge in [0.15, 0.2) is 5.75 Å². The van der Waals surface area contributed by atoms with Gasteiger partial charge in [-0.25, -0.2) is 0 Å². The van der Waals surface area contributed by atoms with Crippen LogP contribution < -0.4 is 4.90 Å². The van der Waals surface area contributed by atoms with Crippen LogP contribution in [0.5, 0.6) is 0 Å². The number of benzene rings is 1. The molecule has 1 aromatic carbocycles. The van der Waals surface area contributed by atoms with E-state index in [1.165, 1.54) is 4.90 Å². The Balaban J connectivity index is 2.99. The third-order valence-electron chi connectivity index (χ3n) is 2.13. The molecule has 0 heterocycles. The van der Waals surface area contributed by atoms with Gasteiger partial charge in [0, 0.05) is 11.7 Å².